The summed E-state index contributed by atoms with van der Waals surface area (Å²) in [4.78, 5) is 61.1. The Bertz CT molecular complexity index is 1530. The number of nitrogens with zero attached hydrogens (tertiary/aromatic N) is 2. The molecular formula is C29H36ClN5O9. The third-order valence-electron chi connectivity index (χ3n) is 9.05. The number of hydrogen-bond acceptors (Lipinski definition) is 12. The molecule has 3 unspecified atom stereocenters. The van der Waals surface area contributed by atoms with Crippen LogP contribution in [0.5, 0.6) is 5.75 Å². The number of halogens is 1. The summed E-state index contributed by atoms with van der Waals surface area (Å²) in [6.07, 6.45) is 2.79. The molecule has 0 bridgehead atoms. The number of likely N-dealkylation sites (N-methyl/N-ethyl adjacent to an activating group) is 1. The van der Waals surface area contributed by atoms with Gasteiger partial charge >= 0.3 is 0 Å². The van der Waals surface area contributed by atoms with Crippen LogP contribution < -0.4 is 21.4 Å². The van der Waals surface area contributed by atoms with Crippen molar-refractivity contribution in [3.8, 4) is 5.75 Å². The first-order chi connectivity index (χ1) is 20.6. The van der Waals surface area contributed by atoms with Crippen LogP contribution in [0, 0.1) is 11.8 Å². The highest BCUT2D eigenvalue weighted by molar-refractivity contribution is 6.38. The van der Waals surface area contributed by atoms with Gasteiger partial charge in [0, 0.05) is 25.6 Å². The number of allylic oxidation sites excluding steroid dienone is 1. The highest BCUT2D eigenvalue weighted by atomic mass is 35.5. The summed E-state index contributed by atoms with van der Waals surface area (Å²) < 4.78 is 0. The quantitative estimate of drug-likeness (QED) is 0.120. The van der Waals surface area contributed by atoms with Gasteiger partial charge in [-0.2, -0.15) is 5.48 Å². The summed E-state index contributed by atoms with van der Waals surface area (Å²) in [5.41, 5.74) is 4.16. The Morgan fingerprint density at radius 1 is 1.14 bits per heavy atom. The van der Waals surface area contributed by atoms with E-state index < -0.39 is 69.7 Å². The number of aliphatic hydroxyl groups excluding tert-OH is 2. The lowest BCUT2D eigenvalue weighted by Crippen LogP contribution is -2.63. The normalized spacial score (nSPS) is 26.7. The number of hydroxylamine groups is 1. The number of anilines is 2. The van der Waals surface area contributed by atoms with Gasteiger partial charge in [-0.05, 0) is 57.7 Å². The van der Waals surface area contributed by atoms with Crippen LogP contribution >= 0.6 is 11.6 Å². The summed E-state index contributed by atoms with van der Waals surface area (Å²) in [5.74, 6) is -8.36. The van der Waals surface area contributed by atoms with E-state index in [1.54, 1.807) is 33.1 Å². The van der Waals surface area contributed by atoms with Crippen molar-refractivity contribution in [2.45, 2.75) is 49.9 Å². The van der Waals surface area contributed by atoms with Crippen molar-refractivity contribution in [1.82, 2.24) is 10.4 Å². The van der Waals surface area contributed by atoms with Crippen molar-refractivity contribution in [3.05, 3.63) is 38.8 Å². The van der Waals surface area contributed by atoms with Crippen molar-refractivity contribution >= 4 is 46.4 Å². The number of hydrogen-bond donors (Lipinski definition) is 7. The average Bonchev–Trinajstić information content (AvgIpc) is 2.89. The van der Waals surface area contributed by atoms with Crippen LogP contribution in [0.25, 0.3) is 0 Å². The number of phenols is 1. The summed E-state index contributed by atoms with van der Waals surface area (Å²) >= 11 is 6.72. The number of rotatable bonds is 8. The zero-order chi connectivity index (χ0) is 32.4. The maximum Gasteiger partial charge on any atom is 0.255 e. The fourth-order valence-corrected chi connectivity index (χ4v) is 7.23. The maximum absolute atomic E-state index is 14.1. The van der Waals surface area contributed by atoms with Gasteiger partial charge in [0.05, 0.1) is 28.4 Å². The van der Waals surface area contributed by atoms with Gasteiger partial charge < -0.3 is 36.4 Å². The van der Waals surface area contributed by atoms with Crippen LogP contribution in [0.1, 0.15) is 41.6 Å². The number of carbonyl (C=O) groups is 4. The van der Waals surface area contributed by atoms with E-state index in [9.17, 15) is 39.6 Å². The second-order valence-electron chi connectivity index (χ2n) is 12.1. The number of benzene rings is 1. The number of ketones is 2. The van der Waals surface area contributed by atoms with Crippen LogP contribution in [0.15, 0.2) is 22.7 Å². The first kappa shape index (κ1) is 31.7. The first-order valence-electron chi connectivity index (χ1n) is 14.2. The number of nitrogens with one attached hydrogen (secondary N) is 2. The molecule has 1 fully saturated rings. The van der Waals surface area contributed by atoms with Gasteiger partial charge in [-0.25, -0.2) is 0 Å². The van der Waals surface area contributed by atoms with Crippen molar-refractivity contribution < 1.29 is 44.4 Å². The molecule has 0 aliphatic heterocycles. The fourth-order valence-electron chi connectivity index (χ4n) is 6.81. The molecular weight excluding hydrogens is 598 g/mol. The van der Waals surface area contributed by atoms with E-state index in [0.29, 0.717) is 11.3 Å². The summed E-state index contributed by atoms with van der Waals surface area (Å²) in [5, 5.41) is 48.1. The van der Waals surface area contributed by atoms with E-state index in [1.807, 2.05) is 0 Å². The molecule has 238 valence electrons. The van der Waals surface area contributed by atoms with Gasteiger partial charge in [-0.15, -0.1) is 0 Å². The van der Waals surface area contributed by atoms with Crippen LogP contribution in [-0.2, 0) is 25.6 Å². The lowest BCUT2D eigenvalue weighted by atomic mass is 9.58. The van der Waals surface area contributed by atoms with E-state index in [4.69, 9.17) is 22.2 Å². The van der Waals surface area contributed by atoms with Crippen LogP contribution in [0.2, 0.25) is 5.02 Å². The van der Waals surface area contributed by atoms with Gasteiger partial charge in [0.15, 0.2) is 17.1 Å². The summed E-state index contributed by atoms with van der Waals surface area (Å²) in [6.45, 7) is -0.269. The molecule has 1 aromatic rings. The minimum absolute atomic E-state index is 0.0165. The smallest absolute Gasteiger partial charge is 0.255 e. The topological polar surface area (TPSA) is 215 Å². The molecule has 1 aromatic carbocycles. The van der Waals surface area contributed by atoms with E-state index in [0.717, 1.165) is 19.3 Å². The number of Topliss-reactive ketones (excluding diaryl/α,β-unsaturated/α-hetero) is 2. The molecule has 0 spiro atoms. The number of amides is 2. The second-order valence-corrected chi connectivity index (χ2v) is 12.5. The minimum Gasteiger partial charge on any atom is -0.510 e. The number of primary amides is 1. The molecule has 15 heteroatoms. The van der Waals surface area contributed by atoms with Crippen molar-refractivity contribution in [1.29, 1.82) is 0 Å². The second kappa shape index (κ2) is 11.3. The Hall–Kier alpha value is -3.69. The average molecular weight is 634 g/mol. The number of phenolic OH excluding ortho intramolecular Hbond substituents is 1. The Morgan fingerprint density at radius 2 is 1.80 bits per heavy atom. The number of aliphatic hydroxyl groups is 3. The lowest BCUT2D eigenvalue weighted by Gasteiger charge is -2.50. The predicted molar refractivity (Wildman–Crippen MR) is 158 cm³/mol. The zero-order valence-corrected chi connectivity index (χ0v) is 25.5. The van der Waals surface area contributed by atoms with E-state index in [2.05, 4.69) is 10.8 Å². The maximum atomic E-state index is 14.1. The Balaban J connectivity index is 1.60. The minimum atomic E-state index is -2.76. The number of nitrogens with two attached hydrogens (primary N) is 1. The van der Waals surface area contributed by atoms with Gasteiger partial charge in [0.2, 0.25) is 11.7 Å². The van der Waals surface area contributed by atoms with Gasteiger partial charge in [0.25, 0.3) is 5.91 Å². The van der Waals surface area contributed by atoms with Gasteiger partial charge in [-0.1, -0.05) is 11.6 Å². The standard InChI is InChI=1S/C29H36ClN5O9/c1-34(2)21-13-8-11-9-14-22(35(3)4)25(39)18(28(31)42)27(41)29(14,43)26(40)16(11)23(37)17(13)24(38)20(19(21)30)33-15(36)10-32-44-12-6-5-7-12/h11-12,14,22,32,38-40,43H,5-10H2,1-4H3,(H2,31,42)(H,33,36)/t11?,14?,22-,29?/m0/s1. The van der Waals surface area contributed by atoms with Gasteiger partial charge in [-0.3, -0.25) is 28.9 Å². The molecule has 0 saturated heterocycles. The fraction of sp³-hybridized carbons (Fsp3) is 0.517. The molecule has 5 rings (SSSR count). The molecule has 4 aliphatic carbocycles. The third-order valence-corrected chi connectivity index (χ3v) is 9.42. The summed E-state index contributed by atoms with van der Waals surface area (Å²) in [6, 6.07) is -1.11. The van der Waals surface area contributed by atoms with Crippen molar-refractivity contribution in [3.63, 3.8) is 0 Å². The van der Waals surface area contributed by atoms with E-state index >= 15 is 0 Å². The van der Waals surface area contributed by atoms with Crippen molar-refractivity contribution in [2.75, 3.05) is 45.0 Å². The number of aromatic hydroxyl groups is 1. The molecule has 8 N–H and O–H groups in total. The van der Waals surface area contributed by atoms with Crippen LogP contribution in [0.4, 0.5) is 11.4 Å². The molecule has 0 radical (unpaired) electrons. The van der Waals surface area contributed by atoms with Crippen molar-refractivity contribution in [2.24, 2.45) is 17.6 Å². The molecule has 4 atom stereocenters. The highest BCUT2D eigenvalue weighted by Crippen LogP contribution is 2.55. The zero-order valence-electron chi connectivity index (χ0n) is 24.7. The molecule has 2 amide bonds. The molecule has 0 heterocycles. The molecule has 1 saturated carbocycles. The monoisotopic (exact) mass is 633 g/mol. The van der Waals surface area contributed by atoms with Crippen LogP contribution in [0.3, 0.4) is 0 Å². The van der Waals surface area contributed by atoms with Gasteiger partial charge in [0.1, 0.15) is 29.3 Å². The molecule has 4 aliphatic rings. The first-order valence-corrected chi connectivity index (χ1v) is 14.6. The Labute approximate surface area is 258 Å². The summed E-state index contributed by atoms with van der Waals surface area (Å²) in [7, 11) is 6.45. The number of carbonyl (C=O) groups excluding carboxylic acids is 4. The van der Waals surface area contributed by atoms with E-state index in [1.165, 1.54) is 4.90 Å². The Kier molecular flexibility index (Phi) is 8.18. The van der Waals surface area contributed by atoms with Crippen LogP contribution in [-0.4, -0.2) is 101 Å². The molecule has 0 aromatic heterocycles. The molecule has 14 nitrogen and oxygen atoms in total. The van der Waals surface area contributed by atoms with E-state index in [-0.39, 0.29) is 47.3 Å². The molecule has 44 heavy (non-hydrogen) atoms. The lowest BCUT2D eigenvalue weighted by molar-refractivity contribution is -0.148. The predicted octanol–water partition coefficient (Wildman–Crippen LogP) is 0.852. The third kappa shape index (κ3) is 4.72. The largest absolute Gasteiger partial charge is 0.510 e. The SMILES string of the molecule is CN(C)c1c(Cl)c(NC(=O)CNOC2CCC2)c(O)c2c1CC1CC3[C@H](N(C)C)C(O)=C(C(N)=O)C(=O)C3(O)C(O)=C1C2=O. The highest BCUT2D eigenvalue weighted by Gasteiger charge is 2.63. The number of fused-ring (bicyclic) bond motifs is 3. The Morgan fingerprint density at radius 3 is 2.34 bits per heavy atom.